The molecule has 0 fully saturated rings. The molecule has 1 aliphatic rings. The summed E-state index contributed by atoms with van der Waals surface area (Å²) in [5.41, 5.74) is 13.5. The Bertz CT molecular complexity index is 3080. The van der Waals surface area contributed by atoms with Crippen molar-refractivity contribution in [3.8, 4) is 33.7 Å². The Hall–Kier alpha value is -6.49. The second-order valence-electron chi connectivity index (χ2n) is 14.8. The van der Waals surface area contributed by atoms with Crippen LogP contribution in [0, 0.1) is 0 Å². The van der Waals surface area contributed by atoms with Crippen LogP contribution in [-0.4, -0.2) is 4.98 Å². The second-order valence-corrected chi connectivity index (χ2v) is 15.8. The minimum atomic E-state index is -0.103. The van der Waals surface area contributed by atoms with Crippen LogP contribution in [0.1, 0.15) is 25.0 Å². The molecule has 0 atom stereocenters. The van der Waals surface area contributed by atoms with Crippen LogP contribution in [-0.2, 0) is 5.41 Å². The number of rotatable bonds is 5. The molecule has 0 radical (unpaired) electrons. The predicted molar refractivity (Wildman–Crippen MR) is 228 cm³/mol. The number of fused-ring (bicyclic) bond motifs is 9. The van der Waals surface area contributed by atoms with E-state index in [0.29, 0.717) is 5.89 Å². The molecule has 0 amide bonds. The third-order valence-electron chi connectivity index (χ3n) is 11.3. The van der Waals surface area contributed by atoms with Crippen molar-refractivity contribution in [3.05, 3.63) is 181 Å². The maximum absolute atomic E-state index is 6.52. The van der Waals surface area contributed by atoms with Gasteiger partial charge in [-0.1, -0.05) is 123 Å². The summed E-state index contributed by atoms with van der Waals surface area (Å²) in [6.07, 6.45) is 0. The number of aromatic nitrogens is 1. The van der Waals surface area contributed by atoms with Gasteiger partial charge in [-0.15, -0.1) is 11.3 Å². The summed E-state index contributed by atoms with van der Waals surface area (Å²) in [5.74, 6) is 0.634. The lowest BCUT2D eigenvalue weighted by Gasteiger charge is -2.28. The van der Waals surface area contributed by atoms with Crippen molar-refractivity contribution in [2.45, 2.75) is 19.3 Å². The molecule has 0 bridgehead atoms. The first-order valence-corrected chi connectivity index (χ1v) is 19.3. The van der Waals surface area contributed by atoms with Gasteiger partial charge in [0.2, 0.25) is 5.89 Å². The van der Waals surface area contributed by atoms with Crippen LogP contribution in [0.2, 0.25) is 0 Å². The predicted octanol–water partition coefficient (Wildman–Crippen LogP) is 14.5. The van der Waals surface area contributed by atoms with Crippen LogP contribution in [0.4, 0.5) is 17.1 Å². The van der Waals surface area contributed by atoms with Gasteiger partial charge in [0.1, 0.15) is 5.52 Å². The third kappa shape index (κ3) is 4.70. The average molecular weight is 711 g/mol. The Morgan fingerprint density at radius 3 is 2.11 bits per heavy atom. The molecule has 0 saturated carbocycles. The highest BCUT2D eigenvalue weighted by Crippen LogP contribution is 2.51. The molecule has 0 N–H and O–H groups in total. The van der Waals surface area contributed by atoms with Gasteiger partial charge in [-0.3, -0.25) is 0 Å². The van der Waals surface area contributed by atoms with E-state index in [-0.39, 0.29) is 5.41 Å². The molecule has 2 aromatic heterocycles. The molecule has 1 aliphatic carbocycles. The van der Waals surface area contributed by atoms with E-state index in [9.17, 15) is 0 Å². The summed E-state index contributed by atoms with van der Waals surface area (Å²) in [6, 6.07) is 61.3. The lowest BCUT2D eigenvalue weighted by atomic mass is 9.82. The van der Waals surface area contributed by atoms with Gasteiger partial charge in [-0.05, 0) is 99.4 Å². The first kappa shape index (κ1) is 31.1. The van der Waals surface area contributed by atoms with Crippen molar-refractivity contribution in [1.82, 2.24) is 4.98 Å². The molecule has 0 spiro atoms. The number of nitrogens with zero attached hydrogens (tertiary/aromatic N) is 2. The summed E-state index contributed by atoms with van der Waals surface area (Å²) in [6.45, 7) is 4.70. The normalized spacial score (nSPS) is 13.1. The highest BCUT2D eigenvalue weighted by Gasteiger charge is 2.35. The zero-order valence-electron chi connectivity index (χ0n) is 29.9. The monoisotopic (exact) mass is 710 g/mol. The Balaban J connectivity index is 1.06. The molecular weight excluding hydrogens is 677 g/mol. The van der Waals surface area contributed by atoms with Gasteiger partial charge in [0, 0.05) is 53.6 Å². The van der Waals surface area contributed by atoms with Crippen LogP contribution in [0.15, 0.2) is 174 Å². The number of benzene rings is 8. The minimum Gasteiger partial charge on any atom is -0.435 e. The van der Waals surface area contributed by atoms with Gasteiger partial charge in [0.25, 0.3) is 0 Å². The van der Waals surface area contributed by atoms with Crippen molar-refractivity contribution in [1.29, 1.82) is 0 Å². The summed E-state index contributed by atoms with van der Waals surface area (Å²) < 4.78 is 9.12. The van der Waals surface area contributed by atoms with Crippen molar-refractivity contribution in [3.63, 3.8) is 0 Å². The highest BCUT2D eigenvalue weighted by molar-refractivity contribution is 7.25. The van der Waals surface area contributed by atoms with Gasteiger partial charge in [0.05, 0.1) is 0 Å². The summed E-state index contributed by atoms with van der Waals surface area (Å²) >= 11 is 1.86. The quantitative estimate of drug-likeness (QED) is 0.178. The Labute approximate surface area is 317 Å². The van der Waals surface area contributed by atoms with Gasteiger partial charge in [0.15, 0.2) is 5.58 Å². The van der Waals surface area contributed by atoms with Crippen LogP contribution in [0.5, 0.6) is 0 Å². The fourth-order valence-corrected chi connectivity index (χ4v) is 9.76. The fourth-order valence-electron chi connectivity index (χ4n) is 8.62. The standard InChI is InChI=1S/C50H34N2OS/c1-50(2)42-17-8-6-14-38(42)39-26-24-35(29-43(39)50)52(36-25-27-41-40-15-7-9-18-45(40)54-46(41)30-36)34-22-19-31(20-23-34)37-16-10-13-32-21-28-44-48(47(32)37)53-49(51-44)33-11-4-3-5-12-33/h3-30H,1-2H3. The zero-order chi connectivity index (χ0) is 36.0. The smallest absolute Gasteiger partial charge is 0.227 e. The summed E-state index contributed by atoms with van der Waals surface area (Å²) in [5, 5.41) is 4.80. The van der Waals surface area contributed by atoms with E-state index in [1.165, 1.54) is 42.4 Å². The van der Waals surface area contributed by atoms with E-state index in [4.69, 9.17) is 9.40 Å². The first-order chi connectivity index (χ1) is 26.5. The molecular formula is C50H34N2OS. The van der Waals surface area contributed by atoms with Crippen LogP contribution in [0.3, 0.4) is 0 Å². The Kier molecular flexibility index (Phi) is 6.77. The maximum Gasteiger partial charge on any atom is 0.227 e. The summed E-state index contributed by atoms with van der Waals surface area (Å²) in [4.78, 5) is 7.30. The molecule has 4 heteroatoms. The van der Waals surface area contributed by atoms with Gasteiger partial charge >= 0.3 is 0 Å². The average Bonchev–Trinajstić information content (AvgIpc) is 3.89. The number of hydrogen-bond donors (Lipinski definition) is 0. The third-order valence-corrected chi connectivity index (χ3v) is 12.4. The molecule has 8 aromatic carbocycles. The molecule has 0 aliphatic heterocycles. The van der Waals surface area contributed by atoms with Crippen molar-refractivity contribution >= 4 is 70.4 Å². The number of oxazole rings is 1. The van der Waals surface area contributed by atoms with E-state index < -0.39 is 0 Å². The van der Waals surface area contributed by atoms with Gasteiger partial charge in [-0.2, -0.15) is 0 Å². The molecule has 2 heterocycles. The number of thiophene rings is 1. The lowest BCUT2D eigenvalue weighted by molar-refractivity contribution is 0.623. The van der Waals surface area contributed by atoms with E-state index in [0.717, 1.165) is 55.6 Å². The van der Waals surface area contributed by atoms with Crippen molar-refractivity contribution in [2.24, 2.45) is 0 Å². The largest absolute Gasteiger partial charge is 0.435 e. The maximum atomic E-state index is 6.52. The molecule has 0 unspecified atom stereocenters. The zero-order valence-corrected chi connectivity index (χ0v) is 30.7. The SMILES string of the molecule is CC1(C)c2ccccc2-c2ccc(N(c3ccc(-c4cccc5ccc6nc(-c7ccccc7)oc6c45)cc3)c3ccc4c(c3)sc3ccccc34)cc21. The fraction of sp³-hybridized carbons (Fsp3) is 0.0600. The first-order valence-electron chi connectivity index (χ1n) is 18.5. The number of hydrogen-bond acceptors (Lipinski definition) is 4. The van der Waals surface area contributed by atoms with E-state index in [2.05, 4.69) is 158 Å². The van der Waals surface area contributed by atoms with Crippen molar-refractivity contribution in [2.75, 3.05) is 4.90 Å². The van der Waals surface area contributed by atoms with Crippen LogP contribution < -0.4 is 4.90 Å². The van der Waals surface area contributed by atoms with E-state index in [1.54, 1.807) is 0 Å². The molecule has 54 heavy (non-hydrogen) atoms. The molecule has 3 nitrogen and oxygen atoms in total. The van der Waals surface area contributed by atoms with E-state index >= 15 is 0 Å². The van der Waals surface area contributed by atoms with E-state index in [1.807, 2.05) is 41.7 Å². The molecule has 0 saturated heterocycles. The Morgan fingerprint density at radius 1 is 0.519 bits per heavy atom. The number of anilines is 3. The molecule has 11 rings (SSSR count). The highest BCUT2D eigenvalue weighted by atomic mass is 32.1. The van der Waals surface area contributed by atoms with Crippen LogP contribution in [0.25, 0.3) is 75.8 Å². The Morgan fingerprint density at radius 2 is 1.22 bits per heavy atom. The second kappa shape index (κ2) is 11.8. The lowest BCUT2D eigenvalue weighted by Crippen LogP contribution is -2.16. The summed E-state index contributed by atoms with van der Waals surface area (Å²) in [7, 11) is 0. The topological polar surface area (TPSA) is 29.3 Å². The van der Waals surface area contributed by atoms with Gasteiger partial charge < -0.3 is 9.32 Å². The van der Waals surface area contributed by atoms with Gasteiger partial charge in [-0.25, -0.2) is 4.98 Å². The molecule has 256 valence electrons. The van der Waals surface area contributed by atoms with Crippen LogP contribution >= 0.6 is 11.3 Å². The molecule has 10 aromatic rings. The van der Waals surface area contributed by atoms with Crippen molar-refractivity contribution < 1.29 is 4.42 Å². The minimum absolute atomic E-state index is 0.103.